The number of carbonyl (C=O) groups is 2. The fraction of sp³-hybridized carbons (Fsp3) is 0.0588. The van der Waals surface area contributed by atoms with E-state index in [1.54, 1.807) is 24.3 Å². The summed E-state index contributed by atoms with van der Waals surface area (Å²) in [5.41, 5.74) is 1.55. The Balaban J connectivity index is 2.21. The van der Waals surface area contributed by atoms with Gasteiger partial charge in [-0.25, -0.2) is 9.18 Å². The van der Waals surface area contributed by atoms with Crippen molar-refractivity contribution in [2.24, 2.45) is 0 Å². The molecular formula is C17H14FNO3. The molecule has 0 unspecified atom stereocenters. The van der Waals surface area contributed by atoms with Crippen molar-refractivity contribution < 1.29 is 19.1 Å². The summed E-state index contributed by atoms with van der Waals surface area (Å²) in [5, 5.41) is 11.5. The van der Waals surface area contributed by atoms with Crippen LogP contribution in [0.2, 0.25) is 0 Å². The Labute approximate surface area is 126 Å². The molecule has 0 atom stereocenters. The second kappa shape index (κ2) is 6.67. The molecular weight excluding hydrogens is 285 g/mol. The van der Waals surface area contributed by atoms with Gasteiger partial charge in [0, 0.05) is 5.56 Å². The van der Waals surface area contributed by atoms with E-state index in [0.717, 1.165) is 5.56 Å². The molecule has 0 saturated heterocycles. The lowest BCUT2D eigenvalue weighted by molar-refractivity contribution is -0.132. The average molecular weight is 299 g/mol. The highest BCUT2D eigenvalue weighted by Gasteiger charge is 2.13. The first-order chi connectivity index (χ1) is 10.5. The van der Waals surface area contributed by atoms with E-state index in [4.69, 9.17) is 0 Å². The van der Waals surface area contributed by atoms with E-state index in [2.05, 4.69) is 5.32 Å². The SMILES string of the molecule is Cc1ccc(C(=O)N/C(=C/c2ccc(F)cc2)C(=O)O)cc1. The molecule has 0 aliphatic carbocycles. The van der Waals surface area contributed by atoms with Crippen molar-refractivity contribution in [2.75, 3.05) is 0 Å². The number of carboxylic acids is 1. The van der Waals surface area contributed by atoms with Gasteiger partial charge in [0.2, 0.25) is 0 Å². The molecule has 2 N–H and O–H groups in total. The van der Waals surface area contributed by atoms with Crippen LogP contribution in [0, 0.1) is 12.7 Å². The lowest BCUT2D eigenvalue weighted by atomic mass is 10.1. The quantitative estimate of drug-likeness (QED) is 0.853. The summed E-state index contributed by atoms with van der Waals surface area (Å²) in [4.78, 5) is 23.3. The van der Waals surface area contributed by atoms with E-state index in [1.165, 1.54) is 30.3 Å². The van der Waals surface area contributed by atoms with Crippen molar-refractivity contribution in [3.63, 3.8) is 0 Å². The third kappa shape index (κ3) is 4.02. The standard InChI is InChI=1S/C17H14FNO3/c1-11-2-6-13(7-3-11)16(20)19-15(17(21)22)10-12-4-8-14(18)9-5-12/h2-10H,1H3,(H,19,20)(H,21,22)/b15-10+. The first-order valence-electron chi connectivity index (χ1n) is 6.54. The molecule has 0 bridgehead atoms. The van der Waals surface area contributed by atoms with Gasteiger partial charge in [-0.05, 0) is 42.8 Å². The summed E-state index contributed by atoms with van der Waals surface area (Å²) < 4.78 is 12.8. The number of carboxylic acid groups (broad SMARTS) is 1. The van der Waals surface area contributed by atoms with Gasteiger partial charge in [0.05, 0.1) is 0 Å². The Morgan fingerprint density at radius 1 is 1.05 bits per heavy atom. The largest absolute Gasteiger partial charge is 0.477 e. The van der Waals surface area contributed by atoms with Crippen LogP contribution in [-0.4, -0.2) is 17.0 Å². The topological polar surface area (TPSA) is 66.4 Å². The smallest absolute Gasteiger partial charge is 0.352 e. The van der Waals surface area contributed by atoms with Gasteiger partial charge in [-0.2, -0.15) is 0 Å². The minimum absolute atomic E-state index is 0.280. The molecule has 0 fully saturated rings. The predicted molar refractivity (Wildman–Crippen MR) is 80.7 cm³/mol. The molecule has 5 heteroatoms. The number of aryl methyl sites for hydroxylation is 1. The third-order valence-electron chi connectivity index (χ3n) is 2.97. The Bertz CT molecular complexity index is 719. The molecule has 1 amide bonds. The highest BCUT2D eigenvalue weighted by atomic mass is 19.1. The number of nitrogens with one attached hydrogen (secondary N) is 1. The number of amides is 1. The highest BCUT2D eigenvalue weighted by molar-refractivity contribution is 6.02. The molecule has 0 aliphatic heterocycles. The first-order valence-corrected chi connectivity index (χ1v) is 6.54. The predicted octanol–water partition coefficient (Wildman–Crippen LogP) is 2.99. The monoisotopic (exact) mass is 299 g/mol. The number of carbonyl (C=O) groups excluding carboxylic acids is 1. The number of rotatable bonds is 4. The summed E-state index contributed by atoms with van der Waals surface area (Å²) in [5.74, 6) is -2.21. The average Bonchev–Trinajstić information content (AvgIpc) is 2.49. The van der Waals surface area contributed by atoms with Gasteiger partial charge in [0.15, 0.2) is 0 Å². The summed E-state index contributed by atoms with van der Waals surface area (Å²) in [6.45, 7) is 1.89. The van der Waals surface area contributed by atoms with Crippen molar-refractivity contribution in [1.29, 1.82) is 0 Å². The third-order valence-corrected chi connectivity index (χ3v) is 2.97. The molecule has 0 radical (unpaired) electrons. The maximum absolute atomic E-state index is 12.8. The zero-order valence-corrected chi connectivity index (χ0v) is 11.8. The maximum Gasteiger partial charge on any atom is 0.352 e. The van der Waals surface area contributed by atoms with Crippen LogP contribution in [-0.2, 0) is 4.79 Å². The van der Waals surface area contributed by atoms with E-state index in [0.29, 0.717) is 11.1 Å². The van der Waals surface area contributed by atoms with Crippen LogP contribution in [0.4, 0.5) is 4.39 Å². The highest BCUT2D eigenvalue weighted by Crippen LogP contribution is 2.09. The first kappa shape index (κ1) is 15.4. The van der Waals surface area contributed by atoms with Crippen molar-refractivity contribution in [1.82, 2.24) is 5.32 Å². The Morgan fingerprint density at radius 3 is 2.18 bits per heavy atom. The zero-order chi connectivity index (χ0) is 16.1. The van der Waals surface area contributed by atoms with E-state index in [9.17, 15) is 19.1 Å². The van der Waals surface area contributed by atoms with E-state index >= 15 is 0 Å². The molecule has 0 spiro atoms. The molecule has 112 valence electrons. The molecule has 4 nitrogen and oxygen atoms in total. The fourth-order valence-corrected chi connectivity index (χ4v) is 1.78. The van der Waals surface area contributed by atoms with Crippen LogP contribution in [0.25, 0.3) is 6.08 Å². The van der Waals surface area contributed by atoms with Crippen LogP contribution in [0.5, 0.6) is 0 Å². The Hall–Kier alpha value is -2.95. The van der Waals surface area contributed by atoms with Crippen molar-refractivity contribution >= 4 is 18.0 Å². The fourth-order valence-electron chi connectivity index (χ4n) is 1.78. The van der Waals surface area contributed by atoms with E-state index in [-0.39, 0.29) is 5.70 Å². The molecule has 2 aromatic rings. The normalized spacial score (nSPS) is 11.1. The number of benzene rings is 2. The summed E-state index contributed by atoms with van der Waals surface area (Å²) in [6, 6.07) is 12.0. The number of hydrogen-bond acceptors (Lipinski definition) is 2. The minimum Gasteiger partial charge on any atom is -0.477 e. The molecule has 0 aliphatic rings. The molecule has 0 aromatic heterocycles. The molecule has 2 aromatic carbocycles. The number of halogens is 1. The van der Waals surface area contributed by atoms with Crippen LogP contribution in [0.1, 0.15) is 21.5 Å². The van der Waals surface area contributed by atoms with Gasteiger partial charge in [-0.15, -0.1) is 0 Å². The van der Waals surface area contributed by atoms with Crippen molar-refractivity contribution in [3.05, 3.63) is 76.7 Å². The van der Waals surface area contributed by atoms with Gasteiger partial charge in [0.25, 0.3) is 5.91 Å². The second-order valence-electron chi connectivity index (χ2n) is 4.73. The molecule has 2 rings (SSSR count). The van der Waals surface area contributed by atoms with Crippen molar-refractivity contribution in [2.45, 2.75) is 6.92 Å². The number of aliphatic carboxylic acids is 1. The Morgan fingerprint density at radius 2 is 1.64 bits per heavy atom. The maximum atomic E-state index is 12.8. The van der Waals surface area contributed by atoms with Gasteiger partial charge >= 0.3 is 5.97 Å². The summed E-state index contributed by atoms with van der Waals surface area (Å²) in [6.07, 6.45) is 1.27. The summed E-state index contributed by atoms with van der Waals surface area (Å²) in [7, 11) is 0. The molecule has 0 saturated carbocycles. The number of hydrogen-bond donors (Lipinski definition) is 2. The van der Waals surface area contributed by atoms with E-state index < -0.39 is 17.7 Å². The lowest BCUT2D eigenvalue weighted by Gasteiger charge is -2.06. The Kier molecular flexibility index (Phi) is 4.68. The van der Waals surface area contributed by atoms with Gasteiger partial charge in [-0.1, -0.05) is 29.8 Å². The molecule has 22 heavy (non-hydrogen) atoms. The molecule has 0 heterocycles. The van der Waals surface area contributed by atoms with Gasteiger partial charge in [0.1, 0.15) is 11.5 Å². The second-order valence-corrected chi connectivity index (χ2v) is 4.73. The van der Waals surface area contributed by atoms with Crippen LogP contribution < -0.4 is 5.32 Å². The lowest BCUT2D eigenvalue weighted by Crippen LogP contribution is -2.27. The zero-order valence-electron chi connectivity index (χ0n) is 11.8. The van der Waals surface area contributed by atoms with Crippen LogP contribution in [0.3, 0.4) is 0 Å². The van der Waals surface area contributed by atoms with Crippen LogP contribution in [0.15, 0.2) is 54.2 Å². The van der Waals surface area contributed by atoms with Gasteiger partial charge < -0.3 is 10.4 Å². The summed E-state index contributed by atoms with van der Waals surface area (Å²) >= 11 is 0. The minimum atomic E-state index is -1.27. The van der Waals surface area contributed by atoms with E-state index in [1.807, 2.05) is 6.92 Å². The van der Waals surface area contributed by atoms with Crippen molar-refractivity contribution in [3.8, 4) is 0 Å². The van der Waals surface area contributed by atoms with Gasteiger partial charge in [-0.3, -0.25) is 4.79 Å². The van der Waals surface area contributed by atoms with Crippen LogP contribution >= 0.6 is 0 Å².